The summed E-state index contributed by atoms with van der Waals surface area (Å²) < 4.78 is 5.77. The molecule has 0 heterocycles. The van der Waals surface area contributed by atoms with Crippen molar-refractivity contribution in [3.05, 3.63) is 101 Å². The van der Waals surface area contributed by atoms with Crippen LogP contribution in [0.3, 0.4) is 0 Å². The minimum atomic E-state index is -0.238. The Hall–Kier alpha value is -3.11. The van der Waals surface area contributed by atoms with Crippen LogP contribution in [-0.4, -0.2) is 11.6 Å². The highest BCUT2D eigenvalue weighted by Gasteiger charge is 2.04. The third kappa shape index (κ3) is 5.43. The first-order valence-corrected chi connectivity index (χ1v) is 8.87. The Morgan fingerprint density at radius 3 is 2.26 bits per heavy atom. The number of hydrogen-bond acceptors (Lipinski definition) is 3. The lowest BCUT2D eigenvalue weighted by atomic mass is 10.1. The number of amides is 1. The summed E-state index contributed by atoms with van der Waals surface area (Å²) in [7, 11) is 0. The number of hydrogen-bond donors (Lipinski definition) is 1. The summed E-state index contributed by atoms with van der Waals surface area (Å²) in [5.41, 5.74) is 5.80. The van der Waals surface area contributed by atoms with E-state index in [0.717, 1.165) is 16.9 Å². The number of ether oxygens (including phenoxy) is 1. The lowest BCUT2D eigenvalue weighted by molar-refractivity contribution is 0.0955. The maximum Gasteiger partial charge on any atom is 0.271 e. The molecule has 0 aliphatic carbocycles. The number of rotatable bonds is 6. The highest BCUT2D eigenvalue weighted by atomic mass is 35.5. The Morgan fingerprint density at radius 1 is 0.926 bits per heavy atom. The molecule has 0 aliphatic rings. The number of hydrazone groups is 1. The van der Waals surface area contributed by atoms with Crippen molar-refractivity contribution in [1.82, 2.24) is 5.43 Å². The molecule has 0 bridgehead atoms. The highest BCUT2D eigenvalue weighted by Crippen LogP contribution is 2.16. The quantitative estimate of drug-likeness (QED) is 0.480. The lowest BCUT2D eigenvalue weighted by Gasteiger charge is -2.08. The first-order valence-electron chi connectivity index (χ1n) is 8.49. The Morgan fingerprint density at radius 2 is 1.59 bits per heavy atom. The molecule has 3 rings (SSSR count). The largest absolute Gasteiger partial charge is 0.489 e. The van der Waals surface area contributed by atoms with Gasteiger partial charge in [-0.15, -0.1) is 0 Å². The van der Waals surface area contributed by atoms with E-state index in [-0.39, 0.29) is 5.91 Å². The molecule has 0 unspecified atom stereocenters. The molecule has 4 nitrogen and oxygen atoms in total. The van der Waals surface area contributed by atoms with Crippen molar-refractivity contribution >= 4 is 23.2 Å². The predicted octanol–water partition coefficient (Wildman–Crippen LogP) is 5.07. The van der Waals surface area contributed by atoms with E-state index in [4.69, 9.17) is 16.3 Å². The topological polar surface area (TPSA) is 50.7 Å². The van der Waals surface area contributed by atoms with Gasteiger partial charge in [0.2, 0.25) is 0 Å². The van der Waals surface area contributed by atoms with Crippen LogP contribution in [0.4, 0.5) is 0 Å². The Bertz CT molecular complexity index is 921. The Balaban J connectivity index is 1.57. The SMILES string of the molecule is CC(=NNC(=O)c1ccccc1)c1ccc(OCc2ccc(Cl)cc2)cc1. The molecule has 0 aliphatic heterocycles. The van der Waals surface area contributed by atoms with E-state index in [0.29, 0.717) is 22.9 Å². The summed E-state index contributed by atoms with van der Waals surface area (Å²) in [4.78, 5) is 12.0. The van der Waals surface area contributed by atoms with Crippen LogP contribution >= 0.6 is 11.6 Å². The van der Waals surface area contributed by atoms with Crippen LogP contribution in [0.15, 0.2) is 84.0 Å². The molecule has 0 radical (unpaired) electrons. The number of carbonyl (C=O) groups is 1. The molecule has 3 aromatic carbocycles. The van der Waals surface area contributed by atoms with Crippen molar-refractivity contribution in [3.63, 3.8) is 0 Å². The summed E-state index contributed by atoms with van der Waals surface area (Å²) in [6.45, 7) is 2.31. The molecule has 1 amide bonds. The van der Waals surface area contributed by atoms with E-state index in [9.17, 15) is 4.79 Å². The zero-order valence-corrected chi connectivity index (χ0v) is 15.6. The van der Waals surface area contributed by atoms with Gasteiger partial charge in [0.15, 0.2) is 0 Å². The number of nitrogens with one attached hydrogen (secondary N) is 1. The molecule has 0 fully saturated rings. The average molecular weight is 379 g/mol. The zero-order chi connectivity index (χ0) is 19.1. The highest BCUT2D eigenvalue weighted by molar-refractivity contribution is 6.30. The summed E-state index contributed by atoms with van der Waals surface area (Å²) in [6, 6.07) is 24.1. The molecular formula is C22H19ClN2O2. The Kier molecular flexibility index (Phi) is 6.23. The van der Waals surface area contributed by atoms with Gasteiger partial charge in [0, 0.05) is 10.6 Å². The van der Waals surface area contributed by atoms with Crippen molar-refractivity contribution in [2.75, 3.05) is 0 Å². The van der Waals surface area contributed by atoms with Crippen LogP contribution in [0.25, 0.3) is 0 Å². The molecule has 0 aromatic heterocycles. The number of benzene rings is 3. The van der Waals surface area contributed by atoms with Crippen LogP contribution in [0.5, 0.6) is 5.75 Å². The van der Waals surface area contributed by atoms with Crippen molar-refractivity contribution in [1.29, 1.82) is 0 Å². The van der Waals surface area contributed by atoms with Gasteiger partial charge in [-0.1, -0.05) is 41.9 Å². The normalized spacial score (nSPS) is 11.1. The van der Waals surface area contributed by atoms with Crippen molar-refractivity contribution in [3.8, 4) is 5.75 Å². The molecule has 0 saturated carbocycles. The second-order valence-corrected chi connectivity index (χ2v) is 6.38. The van der Waals surface area contributed by atoms with Gasteiger partial charge in [0.25, 0.3) is 5.91 Å². The fourth-order valence-electron chi connectivity index (χ4n) is 2.39. The second-order valence-electron chi connectivity index (χ2n) is 5.94. The molecule has 3 aromatic rings. The average Bonchev–Trinajstić information content (AvgIpc) is 2.72. The number of nitrogens with zero attached hydrogens (tertiary/aromatic N) is 1. The van der Waals surface area contributed by atoms with Gasteiger partial charge in [-0.2, -0.15) is 5.10 Å². The van der Waals surface area contributed by atoms with Gasteiger partial charge in [0.05, 0.1) is 5.71 Å². The van der Waals surface area contributed by atoms with Crippen LogP contribution in [0, 0.1) is 0 Å². The smallest absolute Gasteiger partial charge is 0.271 e. The van der Waals surface area contributed by atoms with Gasteiger partial charge in [-0.25, -0.2) is 5.43 Å². The van der Waals surface area contributed by atoms with Crippen molar-refractivity contribution < 1.29 is 9.53 Å². The van der Waals surface area contributed by atoms with Gasteiger partial charge in [-0.3, -0.25) is 4.79 Å². The third-order valence-corrected chi connectivity index (χ3v) is 4.20. The van der Waals surface area contributed by atoms with E-state index in [1.54, 1.807) is 12.1 Å². The van der Waals surface area contributed by atoms with Crippen LogP contribution in [0.2, 0.25) is 5.02 Å². The zero-order valence-electron chi connectivity index (χ0n) is 14.9. The second kappa shape index (κ2) is 9.01. The van der Waals surface area contributed by atoms with Gasteiger partial charge < -0.3 is 4.74 Å². The van der Waals surface area contributed by atoms with E-state index in [2.05, 4.69) is 10.5 Å². The fraction of sp³-hybridized carbons (Fsp3) is 0.0909. The third-order valence-electron chi connectivity index (χ3n) is 3.95. The van der Waals surface area contributed by atoms with Gasteiger partial charge in [0.1, 0.15) is 12.4 Å². The van der Waals surface area contributed by atoms with Crippen LogP contribution in [0.1, 0.15) is 28.4 Å². The minimum absolute atomic E-state index is 0.238. The molecule has 1 N–H and O–H groups in total. The van der Waals surface area contributed by atoms with Crippen molar-refractivity contribution in [2.45, 2.75) is 13.5 Å². The number of carbonyl (C=O) groups excluding carboxylic acids is 1. The van der Waals surface area contributed by atoms with E-state index >= 15 is 0 Å². The van der Waals surface area contributed by atoms with E-state index in [1.165, 1.54) is 0 Å². The van der Waals surface area contributed by atoms with Crippen LogP contribution in [-0.2, 0) is 6.61 Å². The molecule has 0 saturated heterocycles. The minimum Gasteiger partial charge on any atom is -0.489 e. The molecule has 27 heavy (non-hydrogen) atoms. The Labute approximate surface area is 163 Å². The van der Waals surface area contributed by atoms with Crippen LogP contribution < -0.4 is 10.2 Å². The molecular weight excluding hydrogens is 360 g/mol. The first kappa shape index (κ1) is 18.7. The van der Waals surface area contributed by atoms with Crippen molar-refractivity contribution in [2.24, 2.45) is 5.10 Å². The lowest BCUT2D eigenvalue weighted by Crippen LogP contribution is -2.19. The maximum atomic E-state index is 12.0. The summed E-state index contributed by atoms with van der Waals surface area (Å²) in [6.07, 6.45) is 0. The van der Waals surface area contributed by atoms with E-state index < -0.39 is 0 Å². The van der Waals surface area contributed by atoms with E-state index in [1.807, 2.05) is 73.7 Å². The molecule has 0 spiro atoms. The summed E-state index contributed by atoms with van der Waals surface area (Å²) in [5.74, 6) is 0.521. The molecule has 136 valence electrons. The van der Waals surface area contributed by atoms with Gasteiger partial charge in [-0.05, 0) is 66.6 Å². The maximum absolute atomic E-state index is 12.0. The molecule has 5 heteroatoms. The first-order chi connectivity index (χ1) is 13.1. The van der Waals surface area contributed by atoms with Gasteiger partial charge >= 0.3 is 0 Å². The predicted molar refractivity (Wildman–Crippen MR) is 108 cm³/mol. The standard InChI is InChI=1S/C22H19ClN2O2/c1-16(24-25-22(26)19-5-3-2-4-6-19)18-9-13-21(14-10-18)27-15-17-7-11-20(23)12-8-17/h2-14H,15H2,1H3,(H,25,26). The summed E-state index contributed by atoms with van der Waals surface area (Å²) in [5, 5.41) is 4.87. The number of halogens is 1. The summed E-state index contributed by atoms with van der Waals surface area (Å²) >= 11 is 5.88. The fourth-order valence-corrected chi connectivity index (χ4v) is 2.52. The molecule has 0 atom stereocenters. The monoisotopic (exact) mass is 378 g/mol.